The SMILES string of the molecule is COc1cc(C2C(C(=O)C=Cc3ccccc3)=C([O-])C(=O)N2CCC[NH+]2CCOCC2)ccc1O. The van der Waals surface area contributed by atoms with Crippen molar-refractivity contribution in [2.75, 3.05) is 46.5 Å². The van der Waals surface area contributed by atoms with Crippen molar-refractivity contribution in [3.05, 3.63) is 77.1 Å². The van der Waals surface area contributed by atoms with Crippen LogP contribution in [-0.2, 0) is 14.3 Å². The first-order chi connectivity index (χ1) is 17.0. The molecule has 0 aliphatic carbocycles. The van der Waals surface area contributed by atoms with Crippen molar-refractivity contribution in [1.82, 2.24) is 4.90 Å². The number of carbonyl (C=O) groups excluding carboxylic acids is 2. The van der Waals surface area contributed by atoms with Crippen LogP contribution in [-0.4, -0.2) is 68.2 Å². The molecule has 2 aromatic carbocycles. The minimum Gasteiger partial charge on any atom is -0.868 e. The Morgan fingerprint density at radius 3 is 2.69 bits per heavy atom. The van der Waals surface area contributed by atoms with Crippen molar-refractivity contribution in [3.8, 4) is 11.5 Å². The molecule has 0 radical (unpaired) electrons. The van der Waals surface area contributed by atoms with Crippen LogP contribution in [0.15, 0.2) is 65.9 Å². The number of nitrogens with zero attached hydrogens (tertiary/aromatic N) is 1. The van der Waals surface area contributed by atoms with Gasteiger partial charge in [0.15, 0.2) is 17.3 Å². The van der Waals surface area contributed by atoms with Crippen LogP contribution in [0.1, 0.15) is 23.6 Å². The highest BCUT2D eigenvalue weighted by Gasteiger charge is 2.38. The highest BCUT2D eigenvalue weighted by atomic mass is 16.5. The van der Waals surface area contributed by atoms with Gasteiger partial charge in [-0.25, -0.2) is 0 Å². The zero-order valence-corrected chi connectivity index (χ0v) is 19.7. The number of quaternary nitrogens is 1. The predicted molar refractivity (Wildman–Crippen MR) is 128 cm³/mol. The number of amides is 1. The number of morpholine rings is 1. The van der Waals surface area contributed by atoms with Gasteiger partial charge < -0.3 is 29.5 Å². The van der Waals surface area contributed by atoms with Crippen LogP contribution in [0, 0.1) is 0 Å². The molecule has 2 aliphatic rings. The van der Waals surface area contributed by atoms with E-state index in [0.717, 1.165) is 25.2 Å². The number of hydrogen-bond acceptors (Lipinski definition) is 6. The van der Waals surface area contributed by atoms with Gasteiger partial charge in [-0.2, -0.15) is 0 Å². The number of aromatic hydroxyl groups is 1. The standard InChI is InChI=1S/C27H30N2O6/c1-34-23-18-20(9-11-21(23)30)25-24(22(31)10-8-19-6-3-2-4-7-19)26(32)27(33)29(25)13-5-12-28-14-16-35-17-15-28/h2-4,6-11,18,25,30,32H,5,12-17H2,1H3. The second-order valence-corrected chi connectivity index (χ2v) is 8.65. The van der Waals surface area contributed by atoms with Gasteiger partial charge in [-0.15, -0.1) is 0 Å². The van der Waals surface area contributed by atoms with E-state index in [1.165, 1.54) is 29.1 Å². The molecule has 8 nitrogen and oxygen atoms in total. The Labute approximate surface area is 204 Å². The highest BCUT2D eigenvalue weighted by Crippen LogP contribution is 2.40. The molecular weight excluding hydrogens is 448 g/mol. The third-order valence-electron chi connectivity index (χ3n) is 6.43. The van der Waals surface area contributed by atoms with Crippen molar-refractivity contribution in [2.45, 2.75) is 12.5 Å². The first-order valence-corrected chi connectivity index (χ1v) is 11.8. The summed E-state index contributed by atoms with van der Waals surface area (Å²) in [4.78, 5) is 29.1. The molecule has 4 rings (SSSR count). The first kappa shape index (κ1) is 24.5. The Balaban J connectivity index is 1.61. The van der Waals surface area contributed by atoms with E-state index in [0.29, 0.717) is 31.7 Å². The molecule has 2 aliphatic heterocycles. The van der Waals surface area contributed by atoms with E-state index in [1.807, 2.05) is 30.3 Å². The van der Waals surface area contributed by atoms with E-state index in [-0.39, 0.29) is 17.1 Å². The Kier molecular flexibility index (Phi) is 7.84. The maximum Gasteiger partial charge on any atom is 0.239 e. The van der Waals surface area contributed by atoms with Crippen LogP contribution in [0.2, 0.25) is 0 Å². The molecule has 35 heavy (non-hydrogen) atoms. The summed E-state index contributed by atoms with van der Waals surface area (Å²) in [5, 5.41) is 23.1. The lowest BCUT2D eigenvalue weighted by Crippen LogP contribution is -3.14. The van der Waals surface area contributed by atoms with Gasteiger partial charge in [0.05, 0.1) is 32.9 Å². The molecule has 1 unspecified atom stereocenters. The van der Waals surface area contributed by atoms with Crippen LogP contribution < -0.4 is 14.7 Å². The molecule has 0 saturated carbocycles. The normalized spacial score (nSPS) is 19.1. The first-order valence-electron chi connectivity index (χ1n) is 11.8. The molecule has 1 atom stereocenters. The lowest BCUT2D eigenvalue weighted by atomic mass is 9.95. The average Bonchev–Trinajstić information content (AvgIpc) is 3.14. The van der Waals surface area contributed by atoms with Crippen LogP contribution in [0.4, 0.5) is 0 Å². The fourth-order valence-electron chi connectivity index (χ4n) is 4.57. The number of benzene rings is 2. The number of allylic oxidation sites excluding steroid dienone is 1. The van der Waals surface area contributed by atoms with Gasteiger partial charge in [0.2, 0.25) is 5.91 Å². The monoisotopic (exact) mass is 478 g/mol. The minimum atomic E-state index is -0.850. The number of nitrogens with one attached hydrogen (secondary N) is 1. The Bertz CT molecular complexity index is 1120. The third-order valence-corrected chi connectivity index (χ3v) is 6.43. The maximum atomic E-state index is 13.2. The Morgan fingerprint density at radius 1 is 1.23 bits per heavy atom. The lowest BCUT2D eigenvalue weighted by Gasteiger charge is -2.29. The van der Waals surface area contributed by atoms with Gasteiger partial charge in [0.1, 0.15) is 13.1 Å². The number of ether oxygens (including phenoxy) is 2. The van der Waals surface area contributed by atoms with E-state index in [2.05, 4.69) is 0 Å². The molecule has 184 valence electrons. The van der Waals surface area contributed by atoms with E-state index in [1.54, 1.807) is 18.2 Å². The highest BCUT2D eigenvalue weighted by molar-refractivity contribution is 6.14. The molecule has 2 heterocycles. The van der Waals surface area contributed by atoms with Gasteiger partial charge in [-0.3, -0.25) is 9.59 Å². The number of carbonyl (C=O) groups is 2. The summed E-state index contributed by atoms with van der Waals surface area (Å²) in [5.41, 5.74) is 1.26. The van der Waals surface area contributed by atoms with Crippen LogP contribution >= 0.6 is 0 Å². The van der Waals surface area contributed by atoms with E-state index in [4.69, 9.17) is 9.47 Å². The zero-order chi connectivity index (χ0) is 24.8. The molecule has 0 aromatic heterocycles. The molecule has 1 fully saturated rings. The largest absolute Gasteiger partial charge is 0.868 e. The van der Waals surface area contributed by atoms with E-state index >= 15 is 0 Å². The number of phenols is 1. The quantitative estimate of drug-likeness (QED) is 0.509. The molecular formula is C27H30N2O6. The molecule has 2 N–H and O–H groups in total. The average molecular weight is 479 g/mol. The van der Waals surface area contributed by atoms with Crippen LogP contribution in [0.3, 0.4) is 0 Å². The zero-order valence-electron chi connectivity index (χ0n) is 19.7. The fraction of sp³-hybridized carbons (Fsp3) is 0.333. The van der Waals surface area contributed by atoms with Gasteiger partial charge in [0, 0.05) is 18.5 Å². The summed E-state index contributed by atoms with van der Waals surface area (Å²) in [7, 11) is 1.42. The predicted octanol–water partition coefficient (Wildman–Crippen LogP) is 0.486. The number of rotatable bonds is 9. The summed E-state index contributed by atoms with van der Waals surface area (Å²) in [5.74, 6) is -1.84. The van der Waals surface area contributed by atoms with Gasteiger partial charge >= 0.3 is 0 Å². The number of phenolic OH excluding ortho intramolecular Hbond substituents is 1. The van der Waals surface area contributed by atoms with Crippen molar-refractivity contribution in [3.63, 3.8) is 0 Å². The molecule has 0 bridgehead atoms. The van der Waals surface area contributed by atoms with Crippen molar-refractivity contribution in [1.29, 1.82) is 0 Å². The van der Waals surface area contributed by atoms with Crippen molar-refractivity contribution in [2.24, 2.45) is 0 Å². The van der Waals surface area contributed by atoms with Crippen LogP contribution in [0.5, 0.6) is 11.5 Å². The lowest BCUT2D eigenvalue weighted by molar-refractivity contribution is -0.908. The summed E-state index contributed by atoms with van der Waals surface area (Å²) < 4.78 is 10.6. The summed E-state index contributed by atoms with van der Waals surface area (Å²) in [6.45, 7) is 4.42. The summed E-state index contributed by atoms with van der Waals surface area (Å²) in [6.07, 6.45) is 3.65. The second-order valence-electron chi connectivity index (χ2n) is 8.65. The Morgan fingerprint density at radius 2 is 1.97 bits per heavy atom. The molecule has 1 amide bonds. The molecule has 2 aromatic rings. The van der Waals surface area contributed by atoms with Crippen LogP contribution in [0.25, 0.3) is 6.08 Å². The van der Waals surface area contributed by atoms with E-state index in [9.17, 15) is 19.8 Å². The van der Waals surface area contributed by atoms with Gasteiger partial charge in [0.25, 0.3) is 0 Å². The summed E-state index contributed by atoms with van der Waals surface area (Å²) >= 11 is 0. The Hall–Kier alpha value is -3.62. The maximum absolute atomic E-state index is 13.2. The van der Waals surface area contributed by atoms with Gasteiger partial charge in [-0.05, 0) is 35.1 Å². The molecule has 0 spiro atoms. The second kappa shape index (κ2) is 11.2. The fourth-order valence-corrected chi connectivity index (χ4v) is 4.57. The number of hydrogen-bond donors (Lipinski definition) is 2. The summed E-state index contributed by atoms with van der Waals surface area (Å²) in [6, 6.07) is 13.0. The minimum absolute atomic E-state index is 0.0637. The van der Waals surface area contributed by atoms with Crippen molar-refractivity contribution >= 4 is 17.8 Å². The molecule has 8 heteroatoms. The number of methoxy groups -OCH3 is 1. The van der Waals surface area contributed by atoms with E-state index < -0.39 is 23.5 Å². The smallest absolute Gasteiger partial charge is 0.239 e. The van der Waals surface area contributed by atoms with Gasteiger partial charge in [-0.1, -0.05) is 42.5 Å². The topological polar surface area (TPSA) is 104 Å². The third kappa shape index (κ3) is 5.55. The van der Waals surface area contributed by atoms with Crippen molar-refractivity contribution < 1.29 is 34.2 Å². The molecule has 1 saturated heterocycles. The number of ketones is 1.